The number of rotatable bonds is 0. The standard InChI is InChI=1S/C32H19N/c1-2-8-23(9-3-1)14-17-30-26-10-4-6-12-28(26)31(29-13-7-5-11-27(29)30)18-15-24-16-19-32-25(22-24)20-21-33-32/h1-13,16,19-22,33H. The smallest absolute Gasteiger partial charge is 0.0454 e. The summed E-state index contributed by atoms with van der Waals surface area (Å²) in [6.07, 6.45) is 1.96. The van der Waals surface area contributed by atoms with Crippen LogP contribution >= 0.6 is 0 Å². The van der Waals surface area contributed by atoms with Crippen LogP contribution in [0.1, 0.15) is 22.3 Å². The van der Waals surface area contributed by atoms with E-state index in [0.717, 1.165) is 49.3 Å². The third-order valence-electron chi connectivity index (χ3n) is 5.92. The van der Waals surface area contributed by atoms with Crippen LogP contribution in [0, 0.1) is 23.7 Å². The van der Waals surface area contributed by atoms with Crippen molar-refractivity contribution in [3.8, 4) is 23.7 Å². The maximum Gasteiger partial charge on any atom is 0.0454 e. The van der Waals surface area contributed by atoms with Gasteiger partial charge in [0.05, 0.1) is 0 Å². The molecule has 1 aromatic heterocycles. The zero-order valence-electron chi connectivity index (χ0n) is 17.9. The fourth-order valence-corrected chi connectivity index (χ4v) is 4.32. The summed E-state index contributed by atoms with van der Waals surface area (Å²) in [6.45, 7) is 0. The highest BCUT2D eigenvalue weighted by Gasteiger charge is 2.11. The third-order valence-corrected chi connectivity index (χ3v) is 5.92. The largest absolute Gasteiger partial charge is 0.361 e. The van der Waals surface area contributed by atoms with E-state index in [-0.39, 0.29) is 0 Å². The number of aromatic amines is 1. The van der Waals surface area contributed by atoms with Gasteiger partial charge < -0.3 is 4.98 Å². The zero-order chi connectivity index (χ0) is 22.0. The van der Waals surface area contributed by atoms with Crippen molar-refractivity contribution >= 4 is 32.4 Å². The molecular weight excluding hydrogens is 398 g/mol. The lowest BCUT2D eigenvalue weighted by molar-refractivity contribution is 1.48. The molecule has 1 nitrogen and oxygen atoms in total. The molecule has 6 rings (SSSR count). The van der Waals surface area contributed by atoms with Crippen LogP contribution in [-0.4, -0.2) is 4.98 Å². The number of fused-ring (bicyclic) bond motifs is 3. The minimum absolute atomic E-state index is 1.00. The first-order chi connectivity index (χ1) is 16.4. The summed E-state index contributed by atoms with van der Waals surface area (Å²) in [5.41, 5.74) is 5.22. The average Bonchev–Trinajstić information content (AvgIpc) is 3.34. The summed E-state index contributed by atoms with van der Waals surface area (Å²) in [5.74, 6) is 13.7. The van der Waals surface area contributed by atoms with E-state index in [2.05, 4.69) is 101 Å². The Hall–Kier alpha value is -4.72. The third kappa shape index (κ3) is 3.53. The molecule has 152 valence electrons. The molecule has 0 unspecified atom stereocenters. The van der Waals surface area contributed by atoms with E-state index < -0.39 is 0 Å². The molecule has 1 heterocycles. The Morgan fingerprint density at radius 2 is 1.00 bits per heavy atom. The Bertz CT molecular complexity index is 1710. The summed E-state index contributed by atoms with van der Waals surface area (Å²) in [7, 11) is 0. The van der Waals surface area contributed by atoms with Crippen molar-refractivity contribution in [3.05, 3.63) is 132 Å². The van der Waals surface area contributed by atoms with Crippen molar-refractivity contribution < 1.29 is 0 Å². The van der Waals surface area contributed by atoms with E-state index >= 15 is 0 Å². The fraction of sp³-hybridized carbons (Fsp3) is 0. The molecule has 0 atom stereocenters. The van der Waals surface area contributed by atoms with Crippen LogP contribution in [0.5, 0.6) is 0 Å². The van der Waals surface area contributed by atoms with E-state index in [1.807, 2.05) is 36.5 Å². The van der Waals surface area contributed by atoms with Gasteiger partial charge in [0, 0.05) is 39.4 Å². The van der Waals surface area contributed by atoms with Gasteiger partial charge in [-0.15, -0.1) is 0 Å². The second-order valence-corrected chi connectivity index (χ2v) is 7.99. The summed E-state index contributed by atoms with van der Waals surface area (Å²) >= 11 is 0. The minimum Gasteiger partial charge on any atom is -0.361 e. The normalized spacial score (nSPS) is 10.5. The average molecular weight is 418 g/mol. The summed E-state index contributed by atoms with van der Waals surface area (Å²) in [6, 6.07) is 35.4. The number of nitrogens with one attached hydrogen (secondary N) is 1. The van der Waals surface area contributed by atoms with E-state index in [1.165, 1.54) is 5.39 Å². The molecule has 0 radical (unpaired) electrons. The second kappa shape index (κ2) is 8.08. The molecule has 5 aromatic carbocycles. The summed E-state index contributed by atoms with van der Waals surface area (Å²) in [4.78, 5) is 3.24. The molecule has 0 saturated heterocycles. The minimum atomic E-state index is 1.00. The Kier molecular flexibility index (Phi) is 4.65. The van der Waals surface area contributed by atoms with Gasteiger partial charge in [0.2, 0.25) is 0 Å². The molecule has 0 fully saturated rings. The number of hydrogen-bond acceptors (Lipinski definition) is 0. The first-order valence-electron chi connectivity index (χ1n) is 11.0. The predicted octanol–water partition coefficient (Wildman–Crippen LogP) is 7.27. The first kappa shape index (κ1) is 19.0. The molecular formula is C32H19N. The van der Waals surface area contributed by atoms with Crippen LogP contribution in [0.25, 0.3) is 32.4 Å². The predicted molar refractivity (Wildman–Crippen MR) is 138 cm³/mol. The highest BCUT2D eigenvalue weighted by molar-refractivity contribution is 6.09. The van der Waals surface area contributed by atoms with Crippen molar-refractivity contribution in [3.63, 3.8) is 0 Å². The number of hydrogen-bond donors (Lipinski definition) is 1. The molecule has 0 aliphatic carbocycles. The number of benzene rings is 5. The number of aromatic nitrogens is 1. The van der Waals surface area contributed by atoms with Crippen LogP contribution in [-0.2, 0) is 0 Å². The Morgan fingerprint density at radius 1 is 0.455 bits per heavy atom. The Labute approximate surface area is 192 Å². The molecule has 0 aliphatic heterocycles. The molecule has 0 saturated carbocycles. The number of H-pyrrole nitrogens is 1. The Balaban J connectivity index is 1.59. The van der Waals surface area contributed by atoms with Gasteiger partial charge in [0.25, 0.3) is 0 Å². The first-order valence-corrected chi connectivity index (χ1v) is 11.0. The van der Waals surface area contributed by atoms with Crippen LogP contribution in [0.3, 0.4) is 0 Å². The fourth-order valence-electron chi connectivity index (χ4n) is 4.32. The topological polar surface area (TPSA) is 15.8 Å². The van der Waals surface area contributed by atoms with Gasteiger partial charge in [-0.05, 0) is 57.9 Å². The Morgan fingerprint density at radius 3 is 1.61 bits per heavy atom. The second-order valence-electron chi connectivity index (χ2n) is 7.99. The SMILES string of the molecule is C(#Cc1c2ccccc2c(C#Cc2ccc3[nH]ccc3c2)c2ccccc12)c1ccccc1. The van der Waals surface area contributed by atoms with E-state index in [9.17, 15) is 0 Å². The van der Waals surface area contributed by atoms with Crippen LogP contribution < -0.4 is 0 Å². The maximum absolute atomic E-state index is 3.50. The monoisotopic (exact) mass is 417 g/mol. The molecule has 1 heteroatoms. The van der Waals surface area contributed by atoms with Gasteiger partial charge in [-0.3, -0.25) is 0 Å². The molecule has 1 N–H and O–H groups in total. The van der Waals surface area contributed by atoms with E-state index in [0.29, 0.717) is 0 Å². The van der Waals surface area contributed by atoms with Crippen molar-refractivity contribution in [1.29, 1.82) is 0 Å². The van der Waals surface area contributed by atoms with Crippen molar-refractivity contribution in [1.82, 2.24) is 4.98 Å². The van der Waals surface area contributed by atoms with Gasteiger partial charge in [-0.2, -0.15) is 0 Å². The van der Waals surface area contributed by atoms with Gasteiger partial charge in [0.1, 0.15) is 0 Å². The van der Waals surface area contributed by atoms with Crippen LogP contribution in [0.4, 0.5) is 0 Å². The molecule has 0 amide bonds. The lowest BCUT2D eigenvalue weighted by Gasteiger charge is -2.10. The van der Waals surface area contributed by atoms with E-state index in [1.54, 1.807) is 0 Å². The lowest BCUT2D eigenvalue weighted by Crippen LogP contribution is -1.90. The quantitative estimate of drug-likeness (QED) is 0.197. The van der Waals surface area contributed by atoms with Crippen molar-refractivity contribution in [2.75, 3.05) is 0 Å². The van der Waals surface area contributed by atoms with E-state index in [4.69, 9.17) is 0 Å². The van der Waals surface area contributed by atoms with Crippen molar-refractivity contribution in [2.24, 2.45) is 0 Å². The van der Waals surface area contributed by atoms with Gasteiger partial charge in [-0.1, -0.05) is 90.4 Å². The zero-order valence-corrected chi connectivity index (χ0v) is 17.9. The maximum atomic E-state index is 3.50. The lowest BCUT2D eigenvalue weighted by atomic mass is 9.92. The molecule has 6 aromatic rings. The molecule has 33 heavy (non-hydrogen) atoms. The molecule has 0 aliphatic rings. The van der Waals surface area contributed by atoms with Crippen LogP contribution in [0.2, 0.25) is 0 Å². The highest BCUT2D eigenvalue weighted by Crippen LogP contribution is 2.32. The van der Waals surface area contributed by atoms with Gasteiger partial charge in [0.15, 0.2) is 0 Å². The molecule has 0 bridgehead atoms. The summed E-state index contributed by atoms with van der Waals surface area (Å²) < 4.78 is 0. The van der Waals surface area contributed by atoms with Crippen LogP contribution in [0.15, 0.2) is 109 Å². The highest BCUT2D eigenvalue weighted by atomic mass is 14.7. The van der Waals surface area contributed by atoms with Gasteiger partial charge >= 0.3 is 0 Å². The van der Waals surface area contributed by atoms with Gasteiger partial charge in [-0.25, -0.2) is 0 Å². The van der Waals surface area contributed by atoms with Crippen molar-refractivity contribution in [2.45, 2.75) is 0 Å². The summed E-state index contributed by atoms with van der Waals surface area (Å²) in [5, 5.41) is 5.69. The molecule has 0 spiro atoms.